The molecule has 2 N–H and O–H groups in total. The lowest BCUT2D eigenvalue weighted by molar-refractivity contribution is -0.133. The van der Waals surface area contributed by atoms with Gasteiger partial charge in [-0.25, -0.2) is 4.79 Å². The summed E-state index contributed by atoms with van der Waals surface area (Å²) in [6, 6.07) is -0.0336. The fourth-order valence-corrected chi connectivity index (χ4v) is 2.26. The summed E-state index contributed by atoms with van der Waals surface area (Å²) in [5, 5.41) is 0. The van der Waals surface area contributed by atoms with Crippen LogP contribution in [0.5, 0.6) is 0 Å². The molecule has 0 bridgehead atoms. The van der Waals surface area contributed by atoms with Gasteiger partial charge in [-0.3, -0.25) is 4.79 Å². The number of nitrogens with two attached hydrogens (primary N) is 1. The molecule has 6 heteroatoms. The van der Waals surface area contributed by atoms with Gasteiger partial charge in [0.25, 0.3) is 0 Å². The van der Waals surface area contributed by atoms with Crippen molar-refractivity contribution >= 4 is 11.9 Å². The van der Waals surface area contributed by atoms with E-state index in [9.17, 15) is 9.59 Å². The fourth-order valence-electron chi connectivity index (χ4n) is 2.26. The second-order valence-corrected chi connectivity index (χ2v) is 5.30. The molecule has 0 aliphatic carbocycles. The Kier molecular flexibility index (Phi) is 6.08. The number of carbonyl (C=O) groups is 2. The Morgan fingerprint density at radius 1 is 1.16 bits per heavy atom. The van der Waals surface area contributed by atoms with E-state index in [0.29, 0.717) is 32.6 Å². The average molecular weight is 270 g/mol. The van der Waals surface area contributed by atoms with Gasteiger partial charge in [0, 0.05) is 52.7 Å². The standard InChI is InChI=1S/C13H26N4O2/c1-4-5-11(14)10-12(18)16-6-8-17(9-7-16)13(19)15(2)3/h11H,4-10,14H2,1-3H3. The first-order chi connectivity index (χ1) is 8.95. The minimum atomic E-state index is -0.0427. The smallest absolute Gasteiger partial charge is 0.319 e. The zero-order valence-corrected chi connectivity index (χ0v) is 12.3. The van der Waals surface area contributed by atoms with Crippen molar-refractivity contribution in [2.45, 2.75) is 32.2 Å². The van der Waals surface area contributed by atoms with Gasteiger partial charge in [0.15, 0.2) is 0 Å². The van der Waals surface area contributed by atoms with E-state index in [1.54, 1.807) is 23.9 Å². The molecule has 1 rings (SSSR count). The number of nitrogens with zero attached hydrogens (tertiary/aromatic N) is 3. The van der Waals surface area contributed by atoms with Crippen LogP contribution < -0.4 is 5.73 Å². The summed E-state index contributed by atoms with van der Waals surface area (Å²) >= 11 is 0. The van der Waals surface area contributed by atoms with Gasteiger partial charge < -0.3 is 20.4 Å². The lowest BCUT2D eigenvalue weighted by atomic mass is 10.1. The van der Waals surface area contributed by atoms with Crippen LogP contribution in [0, 0.1) is 0 Å². The normalized spacial score (nSPS) is 17.3. The summed E-state index contributed by atoms with van der Waals surface area (Å²) in [6.07, 6.45) is 2.29. The second kappa shape index (κ2) is 7.33. The minimum Gasteiger partial charge on any atom is -0.339 e. The first-order valence-electron chi connectivity index (χ1n) is 6.95. The number of amides is 3. The van der Waals surface area contributed by atoms with Gasteiger partial charge in [-0.05, 0) is 6.42 Å². The molecule has 1 aliphatic heterocycles. The minimum absolute atomic E-state index is 0.00906. The van der Waals surface area contributed by atoms with Crippen LogP contribution in [0.1, 0.15) is 26.2 Å². The maximum atomic E-state index is 12.0. The Hall–Kier alpha value is -1.30. The van der Waals surface area contributed by atoms with Gasteiger partial charge in [0.05, 0.1) is 0 Å². The van der Waals surface area contributed by atoms with Crippen LogP contribution in [0.2, 0.25) is 0 Å². The van der Waals surface area contributed by atoms with Crippen LogP contribution in [-0.2, 0) is 4.79 Å². The van der Waals surface area contributed by atoms with Gasteiger partial charge in [0.1, 0.15) is 0 Å². The lowest BCUT2D eigenvalue weighted by Gasteiger charge is -2.36. The van der Waals surface area contributed by atoms with E-state index >= 15 is 0 Å². The number of hydrogen-bond donors (Lipinski definition) is 1. The molecule has 110 valence electrons. The SMILES string of the molecule is CCCC(N)CC(=O)N1CCN(C(=O)N(C)C)CC1. The largest absolute Gasteiger partial charge is 0.339 e. The molecule has 6 nitrogen and oxygen atoms in total. The highest BCUT2D eigenvalue weighted by molar-refractivity contribution is 5.78. The highest BCUT2D eigenvalue weighted by Crippen LogP contribution is 2.08. The molecule has 1 unspecified atom stereocenters. The average Bonchev–Trinajstić information content (AvgIpc) is 2.38. The van der Waals surface area contributed by atoms with E-state index in [1.807, 2.05) is 4.90 Å². The summed E-state index contributed by atoms with van der Waals surface area (Å²) < 4.78 is 0. The van der Waals surface area contributed by atoms with E-state index in [4.69, 9.17) is 5.73 Å². The molecule has 1 aliphatic rings. The molecule has 1 saturated heterocycles. The van der Waals surface area contributed by atoms with Crippen LogP contribution >= 0.6 is 0 Å². The van der Waals surface area contributed by atoms with Crippen molar-refractivity contribution in [1.82, 2.24) is 14.7 Å². The van der Waals surface area contributed by atoms with E-state index in [2.05, 4.69) is 6.92 Å². The molecule has 0 spiro atoms. The highest BCUT2D eigenvalue weighted by Gasteiger charge is 2.25. The van der Waals surface area contributed by atoms with Gasteiger partial charge in [-0.15, -0.1) is 0 Å². The van der Waals surface area contributed by atoms with E-state index in [1.165, 1.54) is 0 Å². The molecule has 3 amide bonds. The summed E-state index contributed by atoms with van der Waals surface area (Å²) in [5.41, 5.74) is 5.89. The maximum absolute atomic E-state index is 12.0. The van der Waals surface area contributed by atoms with E-state index < -0.39 is 0 Å². The zero-order chi connectivity index (χ0) is 14.4. The van der Waals surface area contributed by atoms with Crippen LogP contribution in [0.3, 0.4) is 0 Å². The molecule has 1 heterocycles. The molecule has 0 radical (unpaired) electrons. The number of carbonyl (C=O) groups excluding carboxylic acids is 2. The number of hydrogen-bond acceptors (Lipinski definition) is 3. The summed E-state index contributed by atoms with van der Waals surface area (Å²) in [6.45, 7) is 4.49. The van der Waals surface area contributed by atoms with Crippen LogP contribution in [0.15, 0.2) is 0 Å². The zero-order valence-electron chi connectivity index (χ0n) is 12.3. The van der Waals surface area contributed by atoms with Crippen molar-refractivity contribution in [1.29, 1.82) is 0 Å². The number of rotatable bonds is 4. The van der Waals surface area contributed by atoms with Crippen LogP contribution in [-0.4, -0.2) is 73.0 Å². The molecule has 0 saturated carbocycles. The molecule has 19 heavy (non-hydrogen) atoms. The van der Waals surface area contributed by atoms with Crippen molar-refractivity contribution in [3.05, 3.63) is 0 Å². The van der Waals surface area contributed by atoms with E-state index in [0.717, 1.165) is 12.8 Å². The third-order valence-corrected chi connectivity index (χ3v) is 3.38. The second-order valence-electron chi connectivity index (χ2n) is 5.30. The fraction of sp³-hybridized carbons (Fsp3) is 0.846. The van der Waals surface area contributed by atoms with Crippen LogP contribution in [0.25, 0.3) is 0 Å². The quantitative estimate of drug-likeness (QED) is 0.800. The van der Waals surface area contributed by atoms with Gasteiger partial charge >= 0.3 is 6.03 Å². The third kappa shape index (κ3) is 4.70. The molecular weight excluding hydrogens is 244 g/mol. The van der Waals surface area contributed by atoms with Crippen molar-refractivity contribution < 1.29 is 9.59 Å². The number of urea groups is 1. The van der Waals surface area contributed by atoms with Crippen LogP contribution in [0.4, 0.5) is 4.79 Å². The van der Waals surface area contributed by atoms with Crippen molar-refractivity contribution in [2.24, 2.45) is 5.73 Å². The summed E-state index contributed by atoms with van der Waals surface area (Å²) in [7, 11) is 3.48. The van der Waals surface area contributed by atoms with Crippen molar-refractivity contribution in [3.8, 4) is 0 Å². The van der Waals surface area contributed by atoms with Crippen molar-refractivity contribution in [3.63, 3.8) is 0 Å². The first-order valence-corrected chi connectivity index (χ1v) is 6.95. The molecule has 0 aromatic carbocycles. The topological polar surface area (TPSA) is 69.9 Å². The van der Waals surface area contributed by atoms with Crippen molar-refractivity contribution in [2.75, 3.05) is 40.3 Å². The predicted molar refractivity (Wildman–Crippen MR) is 74.7 cm³/mol. The Balaban J connectivity index is 2.37. The Labute approximate surface area is 115 Å². The molecule has 0 aromatic heterocycles. The molecule has 1 atom stereocenters. The summed E-state index contributed by atoms with van der Waals surface area (Å²) in [4.78, 5) is 28.9. The monoisotopic (exact) mass is 270 g/mol. The Morgan fingerprint density at radius 3 is 2.16 bits per heavy atom. The van der Waals surface area contributed by atoms with E-state index in [-0.39, 0.29) is 18.0 Å². The van der Waals surface area contributed by atoms with Gasteiger partial charge in [0.2, 0.25) is 5.91 Å². The Morgan fingerprint density at radius 2 is 1.68 bits per heavy atom. The Bertz CT molecular complexity index is 312. The summed E-state index contributed by atoms with van der Waals surface area (Å²) in [5.74, 6) is 0.109. The highest BCUT2D eigenvalue weighted by atomic mass is 16.2. The number of piperazine rings is 1. The lowest BCUT2D eigenvalue weighted by Crippen LogP contribution is -2.53. The van der Waals surface area contributed by atoms with Gasteiger partial charge in [-0.2, -0.15) is 0 Å². The molecular formula is C13H26N4O2. The van der Waals surface area contributed by atoms with Gasteiger partial charge in [-0.1, -0.05) is 13.3 Å². The third-order valence-electron chi connectivity index (χ3n) is 3.38. The molecule has 0 aromatic rings. The first kappa shape index (κ1) is 15.8. The maximum Gasteiger partial charge on any atom is 0.319 e. The molecule has 1 fully saturated rings. The predicted octanol–water partition coefficient (Wildman–Crippen LogP) is 0.330.